The number of carbonyl (C=O) groups excluding carboxylic acids is 1. The van der Waals surface area contributed by atoms with Crippen LogP contribution < -0.4 is 20.9 Å². The molecule has 4 aromatic rings. The largest absolute Gasteiger partial charge is 0.480 e. The molecule has 2 saturated heterocycles. The van der Waals surface area contributed by atoms with Gasteiger partial charge in [0.1, 0.15) is 17.7 Å². The fraction of sp³-hybridized carbons (Fsp3) is 0.341. The number of alkyl carbamates (subject to hydrolysis) is 1. The number of aliphatic carboxylic acids is 2. The first-order valence-corrected chi connectivity index (χ1v) is 17.5. The van der Waals surface area contributed by atoms with Gasteiger partial charge in [-0.05, 0) is 86.1 Å². The summed E-state index contributed by atoms with van der Waals surface area (Å²) in [5.41, 5.74) is 12.6. The fourth-order valence-corrected chi connectivity index (χ4v) is 7.26. The number of piperidine rings is 2. The predicted octanol–water partition coefficient (Wildman–Crippen LogP) is 6.33. The molecular weight excluding hydrogens is 644 g/mol. The van der Waals surface area contributed by atoms with Crippen LogP contribution in [-0.4, -0.2) is 72.1 Å². The number of amides is 1. The van der Waals surface area contributed by atoms with Gasteiger partial charge in [0.15, 0.2) is 0 Å². The minimum absolute atomic E-state index is 0.0673. The van der Waals surface area contributed by atoms with Gasteiger partial charge in [-0.25, -0.2) is 9.59 Å². The standard InChI is InChI=1S/C28H28N2O4.C13H18N2O2/c1-19-10-12-20(13-11-19)30-16-14-28(15-17-30,26(31)32)29-27(33)34-18-25-23-8-4-2-6-21(23)22-7-3-5-9-24(22)25;1-10-2-4-11(5-3-10)15-8-6-13(14,7-9-15)12(16)17/h2-13,25H,14-18H2,1H3,(H,29,33)(H,31,32);2-5H,6-9,14H2,1H3,(H,16,17). The molecule has 51 heavy (non-hydrogen) atoms. The van der Waals surface area contributed by atoms with Crippen LogP contribution in [0.4, 0.5) is 16.2 Å². The molecule has 3 aliphatic rings. The summed E-state index contributed by atoms with van der Waals surface area (Å²) in [6.45, 7) is 6.73. The minimum Gasteiger partial charge on any atom is -0.480 e. The lowest BCUT2D eigenvalue weighted by Gasteiger charge is -2.40. The van der Waals surface area contributed by atoms with Gasteiger partial charge in [0.25, 0.3) is 0 Å². The number of ether oxygens (including phenoxy) is 1. The first-order chi connectivity index (χ1) is 24.5. The molecule has 266 valence electrons. The van der Waals surface area contributed by atoms with Crippen LogP contribution in [0.15, 0.2) is 97.1 Å². The second kappa shape index (κ2) is 14.9. The van der Waals surface area contributed by atoms with Crippen LogP contribution in [0.25, 0.3) is 11.1 Å². The lowest BCUT2D eigenvalue weighted by Crippen LogP contribution is -2.60. The molecule has 2 heterocycles. The van der Waals surface area contributed by atoms with Gasteiger partial charge < -0.3 is 35.8 Å². The van der Waals surface area contributed by atoms with E-state index in [1.165, 1.54) is 11.1 Å². The summed E-state index contributed by atoms with van der Waals surface area (Å²) >= 11 is 0. The number of hydrogen-bond donors (Lipinski definition) is 4. The smallest absolute Gasteiger partial charge is 0.408 e. The second-order valence-corrected chi connectivity index (χ2v) is 13.9. The monoisotopic (exact) mass is 690 g/mol. The maximum atomic E-state index is 12.8. The lowest BCUT2D eigenvalue weighted by atomic mass is 9.87. The molecule has 0 spiro atoms. The number of benzene rings is 4. The lowest BCUT2D eigenvalue weighted by molar-refractivity contribution is -0.146. The van der Waals surface area contributed by atoms with E-state index in [1.54, 1.807) is 0 Å². The highest BCUT2D eigenvalue weighted by atomic mass is 16.5. The summed E-state index contributed by atoms with van der Waals surface area (Å²) in [4.78, 5) is 40.3. The zero-order valence-corrected chi connectivity index (χ0v) is 29.2. The van der Waals surface area contributed by atoms with Gasteiger partial charge in [-0.1, -0.05) is 83.9 Å². The topological polar surface area (TPSA) is 145 Å². The van der Waals surface area contributed by atoms with Crippen molar-refractivity contribution in [2.75, 3.05) is 42.6 Å². The van der Waals surface area contributed by atoms with Crippen LogP contribution >= 0.6 is 0 Å². The number of nitrogens with zero attached hydrogens (tertiary/aromatic N) is 2. The fourth-order valence-electron chi connectivity index (χ4n) is 7.26. The third-order valence-electron chi connectivity index (χ3n) is 10.6. The molecule has 7 rings (SSSR count). The number of carboxylic acid groups (broad SMARTS) is 2. The van der Waals surface area contributed by atoms with Gasteiger partial charge in [0.05, 0.1) is 0 Å². The average molecular weight is 691 g/mol. The Morgan fingerprint density at radius 1 is 0.686 bits per heavy atom. The summed E-state index contributed by atoms with van der Waals surface area (Å²) in [5.74, 6) is -1.98. The highest BCUT2D eigenvalue weighted by Gasteiger charge is 2.44. The van der Waals surface area contributed by atoms with E-state index in [-0.39, 0.29) is 12.5 Å². The summed E-state index contributed by atoms with van der Waals surface area (Å²) < 4.78 is 5.62. The summed E-state index contributed by atoms with van der Waals surface area (Å²) in [5, 5.41) is 21.7. The quantitative estimate of drug-likeness (QED) is 0.175. The van der Waals surface area contributed by atoms with Crippen LogP contribution in [-0.2, 0) is 14.3 Å². The first-order valence-electron chi connectivity index (χ1n) is 17.5. The molecule has 4 aromatic carbocycles. The minimum atomic E-state index is -1.33. The Hall–Kier alpha value is -5.35. The van der Waals surface area contributed by atoms with Crippen molar-refractivity contribution in [2.45, 2.75) is 56.5 Å². The van der Waals surface area contributed by atoms with Crippen molar-refractivity contribution >= 4 is 29.4 Å². The van der Waals surface area contributed by atoms with Crippen LogP contribution in [0.5, 0.6) is 0 Å². The van der Waals surface area contributed by atoms with Gasteiger partial charge in [0, 0.05) is 43.5 Å². The molecular formula is C41H46N4O6. The molecule has 2 fully saturated rings. The van der Waals surface area contributed by atoms with Crippen LogP contribution in [0.3, 0.4) is 0 Å². The van der Waals surface area contributed by atoms with Crippen molar-refractivity contribution in [3.05, 3.63) is 119 Å². The van der Waals surface area contributed by atoms with Crippen molar-refractivity contribution < 1.29 is 29.3 Å². The number of fused-ring (bicyclic) bond motifs is 3. The molecule has 0 aromatic heterocycles. The third-order valence-corrected chi connectivity index (χ3v) is 10.6. The Bertz CT molecular complexity index is 1810. The molecule has 2 aliphatic heterocycles. The highest BCUT2D eigenvalue weighted by molar-refractivity contribution is 5.85. The van der Waals surface area contributed by atoms with E-state index in [0.717, 1.165) is 33.6 Å². The van der Waals surface area contributed by atoms with Crippen molar-refractivity contribution in [3.63, 3.8) is 0 Å². The zero-order chi connectivity index (χ0) is 36.2. The normalized spacial score (nSPS) is 17.3. The van der Waals surface area contributed by atoms with Crippen molar-refractivity contribution in [2.24, 2.45) is 5.73 Å². The van der Waals surface area contributed by atoms with Crippen molar-refractivity contribution in [1.82, 2.24) is 5.32 Å². The number of aryl methyl sites for hydroxylation is 2. The Kier molecular flexibility index (Phi) is 10.3. The van der Waals surface area contributed by atoms with E-state index < -0.39 is 29.1 Å². The number of anilines is 2. The summed E-state index contributed by atoms with van der Waals surface area (Å²) in [6, 6.07) is 32.7. The number of hydrogen-bond acceptors (Lipinski definition) is 7. The summed E-state index contributed by atoms with van der Waals surface area (Å²) in [6.07, 6.45) is 0.917. The van der Waals surface area contributed by atoms with Crippen LogP contribution in [0, 0.1) is 13.8 Å². The van der Waals surface area contributed by atoms with Gasteiger partial charge in [-0.2, -0.15) is 0 Å². The maximum Gasteiger partial charge on any atom is 0.408 e. The molecule has 10 heteroatoms. The average Bonchev–Trinajstić information content (AvgIpc) is 3.46. The van der Waals surface area contributed by atoms with E-state index in [0.29, 0.717) is 51.9 Å². The molecule has 5 N–H and O–H groups in total. The number of nitrogens with two attached hydrogens (primary N) is 1. The van der Waals surface area contributed by atoms with E-state index in [4.69, 9.17) is 15.6 Å². The van der Waals surface area contributed by atoms with Crippen LogP contribution in [0.2, 0.25) is 0 Å². The van der Waals surface area contributed by atoms with Gasteiger partial charge in [0.2, 0.25) is 0 Å². The number of carboxylic acids is 2. The van der Waals surface area contributed by atoms with Crippen molar-refractivity contribution in [1.29, 1.82) is 0 Å². The highest BCUT2D eigenvalue weighted by Crippen LogP contribution is 2.44. The second-order valence-electron chi connectivity index (χ2n) is 13.9. The molecule has 1 aliphatic carbocycles. The maximum absolute atomic E-state index is 12.8. The van der Waals surface area contributed by atoms with E-state index in [2.05, 4.69) is 70.6 Å². The van der Waals surface area contributed by atoms with Gasteiger partial charge >= 0.3 is 18.0 Å². The Morgan fingerprint density at radius 2 is 1.12 bits per heavy atom. The summed E-state index contributed by atoms with van der Waals surface area (Å²) in [7, 11) is 0. The number of nitrogens with one attached hydrogen (secondary N) is 1. The molecule has 0 saturated carbocycles. The van der Waals surface area contributed by atoms with Gasteiger partial charge in [-0.3, -0.25) is 4.79 Å². The Balaban J connectivity index is 0.000000221. The Morgan fingerprint density at radius 3 is 1.55 bits per heavy atom. The Labute approximate surface area is 298 Å². The van der Waals surface area contributed by atoms with Gasteiger partial charge in [-0.15, -0.1) is 0 Å². The van der Waals surface area contributed by atoms with E-state index >= 15 is 0 Å². The first kappa shape index (κ1) is 35.5. The number of carbonyl (C=O) groups is 3. The molecule has 0 bridgehead atoms. The van der Waals surface area contributed by atoms with Crippen molar-refractivity contribution in [3.8, 4) is 11.1 Å². The molecule has 0 radical (unpaired) electrons. The SMILES string of the molecule is Cc1ccc(N2CCC(N)(C(=O)O)CC2)cc1.Cc1ccc(N2CCC(NC(=O)OCC3c4ccccc4-c4ccccc43)(C(=O)O)CC2)cc1. The predicted molar refractivity (Wildman–Crippen MR) is 198 cm³/mol. The van der Waals surface area contributed by atoms with Crippen LogP contribution in [0.1, 0.15) is 53.9 Å². The third kappa shape index (κ3) is 7.71. The number of rotatable bonds is 7. The van der Waals surface area contributed by atoms with E-state index in [9.17, 15) is 19.5 Å². The van der Waals surface area contributed by atoms with E-state index in [1.807, 2.05) is 55.5 Å². The molecule has 10 nitrogen and oxygen atoms in total. The zero-order valence-electron chi connectivity index (χ0n) is 29.2. The molecule has 0 atom stereocenters. The molecule has 0 unspecified atom stereocenters. The molecule has 1 amide bonds.